The minimum Gasteiger partial charge on any atom is -0.493 e. The third-order valence-corrected chi connectivity index (χ3v) is 2.31. The molecule has 0 aliphatic rings. The predicted molar refractivity (Wildman–Crippen MR) is 69.9 cm³/mol. The molecule has 0 atom stereocenters. The highest BCUT2D eigenvalue weighted by Crippen LogP contribution is 2.33. The molecule has 8 heteroatoms. The first-order valence-corrected chi connectivity index (χ1v) is 5.71. The van der Waals surface area contributed by atoms with Crippen molar-refractivity contribution < 1.29 is 24.0 Å². The Labute approximate surface area is 114 Å². The SMILES string of the molecule is CCOc1cc(NC(C)=O)c([N+](=O)[O-])cc1C(=O)OC. The summed E-state index contributed by atoms with van der Waals surface area (Å²) in [7, 11) is 1.16. The van der Waals surface area contributed by atoms with Crippen LogP contribution in [-0.2, 0) is 9.53 Å². The monoisotopic (exact) mass is 282 g/mol. The molecule has 8 nitrogen and oxygen atoms in total. The molecular formula is C12H14N2O6. The fourth-order valence-corrected chi connectivity index (χ4v) is 1.55. The number of nitrogens with one attached hydrogen (secondary N) is 1. The summed E-state index contributed by atoms with van der Waals surface area (Å²) in [6.07, 6.45) is 0. The minimum atomic E-state index is -0.758. The van der Waals surface area contributed by atoms with Crippen molar-refractivity contribution in [3.05, 3.63) is 27.8 Å². The van der Waals surface area contributed by atoms with Crippen molar-refractivity contribution in [1.82, 2.24) is 0 Å². The summed E-state index contributed by atoms with van der Waals surface area (Å²) in [5, 5.41) is 13.3. The van der Waals surface area contributed by atoms with Crippen molar-refractivity contribution in [2.75, 3.05) is 19.0 Å². The van der Waals surface area contributed by atoms with Gasteiger partial charge in [0.15, 0.2) is 0 Å². The molecule has 0 aliphatic carbocycles. The van der Waals surface area contributed by atoms with E-state index in [2.05, 4.69) is 10.1 Å². The fourth-order valence-electron chi connectivity index (χ4n) is 1.55. The Morgan fingerprint density at radius 1 is 1.40 bits per heavy atom. The van der Waals surface area contributed by atoms with E-state index in [0.717, 1.165) is 13.2 Å². The second kappa shape index (κ2) is 6.50. The van der Waals surface area contributed by atoms with Crippen molar-refractivity contribution in [2.24, 2.45) is 0 Å². The van der Waals surface area contributed by atoms with Crippen LogP contribution in [-0.4, -0.2) is 30.5 Å². The number of amides is 1. The number of ether oxygens (including phenoxy) is 2. The zero-order chi connectivity index (χ0) is 15.3. The van der Waals surface area contributed by atoms with E-state index in [9.17, 15) is 19.7 Å². The van der Waals surface area contributed by atoms with Crippen molar-refractivity contribution in [2.45, 2.75) is 13.8 Å². The molecule has 0 saturated heterocycles. The van der Waals surface area contributed by atoms with Gasteiger partial charge in [-0.1, -0.05) is 0 Å². The number of rotatable bonds is 5. The number of nitro benzene ring substituents is 1. The van der Waals surface area contributed by atoms with Gasteiger partial charge in [0.05, 0.1) is 18.6 Å². The van der Waals surface area contributed by atoms with Gasteiger partial charge >= 0.3 is 5.97 Å². The summed E-state index contributed by atoms with van der Waals surface area (Å²) in [4.78, 5) is 33.0. The molecule has 108 valence electrons. The molecule has 1 N–H and O–H groups in total. The molecule has 0 radical (unpaired) electrons. The summed E-state index contributed by atoms with van der Waals surface area (Å²) < 4.78 is 9.79. The molecule has 0 bridgehead atoms. The minimum absolute atomic E-state index is 0.0430. The molecule has 1 rings (SSSR count). The van der Waals surface area contributed by atoms with Gasteiger partial charge in [-0.25, -0.2) is 4.79 Å². The smallest absolute Gasteiger partial charge is 0.341 e. The number of esters is 1. The van der Waals surface area contributed by atoms with Crippen molar-refractivity contribution >= 4 is 23.3 Å². The number of nitrogens with zero attached hydrogens (tertiary/aromatic N) is 1. The molecular weight excluding hydrogens is 268 g/mol. The zero-order valence-corrected chi connectivity index (χ0v) is 11.3. The topological polar surface area (TPSA) is 108 Å². The maximum Gasteiger partial charge on any atom is 0.341 e. The summed E-state index contributed by atoms with van der Waals surface area (Å²) in [6, 6.07) is 2.25. The summed E-state index contributed by atoms with van der Waals surface area (Å²) in [6.45, 7) is 3.17. The average molecular weight is 282 g/mol. The molecule has 0 fully saturated rings. The highest BCUT2D eigenvalue weighted by molar-refractivity contribution is 5.97. The lowest BCUT2D eigenvalue weighted by atomic mass is 10.1. The average Bonchev–Trinajstić information content (AvgIpc) is 2.37. The largest absolute Gasteiger partial charge is 0.493 e. The van der Waals surface area contributed by atoms with Crippen molar-refractivity contribution in [3.8, 4) is 5.75 Å². The number of hydrogen-bond donors (Lipinski definition) is 1. The second-order valence-corrected chi connectivity index (χ2v) is 3.73. The van der Waals surface area contributed by atoms with Gasteiger partial charge in [0.25, 0.3) is 5.69 Å². The molecule has 0 spiro atoms. The van der Waals surface area contributed by atoms with E-state index >= 15 is 0 Å². The summed E-state index contributed by atoms with van der Waals surface area (Å²) in [5.74, 6) is -1.12. The number of methoxy groups -OCH3 is 1. The zero-order valence-electron chi connectivity index (χ0n) is 11.3. The van der Waals surface area contributed by atoms with Crippen LogP contribution >= 0.6 is 0 Å². The first-order valence-electron chi connectivity index (χ1n) is 5.71. The Morgan fingerprint density at radius 2 is 2.05 bits per heavy atom. The predicted octanol–water partition coefficient (Wildman–Crippen LogP) is 1.74. The van der Waals surface area contributed by atoms with Crippen LogP contribution in [0.25, 0.3) is 0 Å². The van der Waals surface area contributed by atoms with Crippen molar-refractivity contribution in [1.29, 1.82) is 0 Å². The quantitative estimate of drug-likeness (QED) is 0.500. The number of hydrogen-bond acceptors (Lipinski definition) is 6. The van der Waals surface area contributed by atoms with Crippen LogP contribution in [0.4, 0.5) is 11.4 Å². The maximum absolute atomic E-state index is 11.6. The van der Waals surface area contributed by atoms with E-state index in [1.165, 1.54) is 13.0 Å². The van der Waals surface area contributed by atoms with E-state index in [0.29, 0.717) is 0 Å². The molecule has 0 saturated carbocycles. The maximum atomic E-state index is 11.6. The molecule has 1 aromatic rings. The van der Waals surface area contributed by atoms with Crippen molar-refractivity contribution in [3.63, 3.8) is 0 Å². The van der Waals surface area contributed by atoms with Crippen LogP contribution in [0.1, 0.15) is 24.2 Å². The lowest BCUT2D eigenvalue weighted by Crippen LogP contribution is -2.11. The van der Waals surface area contributed by atoms with E-state index in [4.69, 9.17) is 4.74 Å². The second-order valence-electron chi connectivity index (χ2n) is 3.73. The van der Waals surface area contributed by atoms with Gasteiger partial charge in [-0.3, -0.25) is 14.9 Å². The van der Waals surface area contributed by atoms with E-state index in [1.807, 2.05) is 0 Å². The normalized spacial score (nSPS) is 9.75. The molecule has 1 aromatic carbocycles. The Morgan fingerprint density at radius 3 is 2.50 bits per heavy atom. The van der Waals surface area contributed by atoms with Crippen LogP contribution in [0.3, 0.4) is 0 Å². The first-order chi connectivity index (χ1) is 9.40. The van der Waals surface area contributed by atoms with Gasteiger partial charge in [0.2, 0.25) is 5.91 Å². The molecule has 0 heterocycles. The lowest BCUT2D eigenvalue weighted by Gasteiger charge is -2.11. The Kier molecular flexibility index (Phi) is 5.01. The number of nitro groups is 1. The van der Waals surface area contributed by atoms with Gasteiger partial charge < -0.3 is 14.8 Å². The van der Waals surface area contributed by atoms with Crippen LogP contribution in [0.2, 0.25) is 0 Å². The van der Waals surface area contributed by atoms with Gasteiger partial charge in [0.1, 0.15) is 17.0 Å². The number of benzene rings is 1. The third-order valence-electron chi connectivity index (χ3n) is 2.31. The van der Waals surface area contributed by atoms with E-state index in [1.54, 1.807) is 6.92 Å². The van der Waals surface area contributed by atoms with E-state index in [-0.39, 0.29) is 23.6 Å². The van der Waals surface area contributed by atoms with E-state index < -0.39 is 22.5 Å². The van der Waals surface area contributed by atoms with Crippen LogP contribution < -0.4 is 10.1 Å². The Hall–Kier alpha value is -2.64. The highest BCUT2D eigenvalue weighted by Gasteiger charge is 2.23. The van der Waals surface area contributed by atoms with Gasteiger partial charge in [-0.05, 0) is 6.92 Å². The fraction of sp³-hybridized carbons (Fsp3) is 0.333. The lowest BCUT2D eigenvalue weighted by molar-refractivity contribution is -0.384. The Balaban J connectivity index is 3.45. The molecule has 0 aliphatic heterocycles. The highest BCUT2D eigenvalue weighted by atomic mass is 16.6. The van der Waals surface area contributed by atoms with Crippen LogP contribution in [0, 0.1) is 10.1 Å². The molecule has 20 heavy (non-hydrogen) atoms. The van der Waals surface area contributed by atoms with Gasteiger partial charge in [-0.15, -0.1) is 0 Å². The molecule has 1 amide bonds. The number of anilines is 1. The summed E-state index contributed by atoms with van der Waals surface area (Å²) in [5.41, 5.74) is -0.530. The van der Waals surface area contributed by atoms with Crippen LogP contribution in [0.5, 0.6) is 5.75 Å². The summed E-state index contributed by atoms with van der Waals surface area (Å²) >= 11 is 0. The first kappa shape index (κ1) is 15.4. The number of carbonyl (C=O) groups excluding carboxylic acids is 2. The Bertz CT molecular complexity index is 555. The van der Waals surface area contributed by atoms with Crippen LogP contribution in [0.15, 0.2) is 12.1 Å². The molecule has 0 unspecified atom stereocenters. The van der Waals surface area contributed by atoms with Gasteiger partial charge in [0, 0.05) is 19.1 Å². The molecule has 0 aromatic heterocycles. The third kappa shape index (κ3) is 3.44. The number of carbonyl (C=O) groups is 2. The standard InChI is InChI=1S/C12H14N2O6/c1-4-20-11-6-9(13-7(2)15)10(14(17)18)5-8(11)12(16)19-3/h5-6H,4H2,1-3H3,(H,13,15). The van der Waals surface area contributed by atoms with Gasteiger partial charge in [-0.2, -0.15) is 0 Å².